The summed E-state index contributed by atoms with van der Waals surface area (Å²) in [5.74, 6) is 0.962. The summed E-state index contributed by atoms with van der Waals surface area (Å²) in [6, 6.07) is 7.61. The Morgan fingerprint density at radius 3 is 3.24 bits per heavy atom. The number of thioether (sulfide) groups is 1. The minimum absolute atomic E-state index is 0.0699. The smallest absolute Gasteiger partial charge is 0.230 e. The van der Waals surface area contributed by atoms with Gasteiger partial charge >= 0.3 is 0 Å². The standard InChI is InChI=1S/C16H21N5O3S/c1-23-13-5-2-4-12(8-13)9-17-15(22)11-25-16-18-19-20-21(16)10-14-6-3-7-24-14/h2,4-5,8,14H,3,6-7,9-11H2,1H3,(H,17,22). The molecule has 8 nitrogen and oxygen atoms in total. The topological polar surface area (TPSA) is 91.2 Å². The normalized spacial score (nSPS) is 16.8. The van der Waals surface area contributed by atoms with Crippen LogP contribution in [0.15, 0.2) is 29.4 Å². The number of ether oxygens (including phenoxy) is 2. The minimum atomic E-state index is -0.0699. The molecule has 25 heavy (non-hydrogen) atoms. The van der Waals surface area contributed by atoms with Crippen molar-refractivity contribution in [3.05, 3.63) is 29.8 Å². The summed E-state index contributed by atoms with van der Waals surface area (Å²) in [6.07, 6.45) is 2.25. The lowest BCUT2D eigenvalue weighted by Crippen LogP contribution is -2.25. The van der Waals surface area contributed by atoms with Crippen LogP contribution in [-0.4, -0.2) is 51.7 Å². The number of benzene rings is 1. The van der Waals surface area contributed by atoms with Gasteiger partial charge in [-0.15, -0.1) is 5.10 Å². The highest BCUT2D eigenvalue weighted by Crippen LogP contribution is 2.18. The van der Waals surface area contributed by atoms with Crippen molar-refractivity contribution in [2.24, 2.45) is 0 Å². The zero-order valence-corrected chi connectivity index (χ0v) is 14.9. The van der Waals surface area contributed by atoms with Gasteiger partial charge in [-0.1, -0.05) is 23.9 Å². The lowest BCUT2D eigenvalue weighted by Gasteiger charge is -2.10. The number of nitrogens with one attached hydrogen (secondary N) is 1. The third kappa shape index (κ3) is 5.17. The molecule has 1 aromatic carbocycles. The predicted octanol–water partition coefficient (Wildman–Crippen LogP) is 1.27. The molecule has 0 spiro atoms. The van der Waals surface area contributed by atoms with Gasteiger partial charge in [0.15, 0.2) is 0 Å². The molecule has 0 saturated carbocycles. The fourth-order valence-electron chi connectivity index (χ4n) is 2.56. The minimum Gasteiger partial charge on any atom is -0.497 e. The van der Waals surface area contributed by atoms with Crippen LogP contribution in [-0.2, 0) is 22.6 Å². The second-order valence-corrected chi connectivity index (χ2v) is 6.64. The van der Waals surface area contributed by atoms with Gasteiger partial charge in [0.05, 0.1) is 25.5 Å². The Balaban J connectivity index is 1.45. The van der Waals surface area contributed by atoms with Crippen LogP contribution in [0.5, 0.6) is 5.75 Å². The van der Waals surface area contributed by atoms with Crippen molar-refractivity contribution in [3.8, 4) is 5.75 Å². The van der Waals surface area contributed by atoms with Crippen LogP contribution in [0.2, 0.25) is 0 Å². The largest absolute Gasteiger partial charge is 0.497 e. The Morgan fingerprint density at radius 2 is 2.44 bits per heavy atom. The van der Waals surface area contributed by atoms with Crippen molar-refractivity contribution in [2.45, 2.75) is 37.2 Å². The van der Waals surface area contributed by atoms with E-state index in [-0.39, 0.29) is 17.8 Å². The van der Waals surface area contributed by atoms with Crippen LogP contribution in [0.4, 0.5) is 0 Å². The number of nitrogens with zero attached hydrogens (tertiary/aromatic N) is 4. The first-order valence-electron chi connectivity index (χ1n) is 8.15. The van der Waals surface area contributed by atoms with Gasteiger partial charge in [-0.3, -0.25) is 4.79 Å². The number of tetrazole rings is 1. The molecular formula is C16H21N5O3S. The molecule has 0 bridgehead atoms. The third-order valence-electron chi connectivity index (χ3n) is 3.86. The molecule has 0 aliphatic carbocycles. The van der Waals surface area contributed by atoms with Crippen LogP contribution in [0, 0.1) is 0 Å². The van der Waals surface area contributed by atoms with Crippen LogP contribution < -0.4 is 10.1 Å². The van der Waals surface area contributed by atoms with E-state index in [2.05, 4.69) is 20.8 Å². The highest BCUT2D eigenvalue weighted by atomic mass is 32.2. The van der Waals surface area contributed by atoms with Crippen molar-refractivity contribution in [1.29, 1.82) is 0 Å². The van der Waals surface area contributed by atoms with E-state index in [0.29, 0.717) is 18.2 Å². The summed E-state index contributed by atoms with van der Waals surface area (Å²) in [7, 11) is 1.62. The molecule has 1 amide bonds. The maximum Gasteiger partial charge on any atom is 0.230 e. The van der Waals surface area contributed by atoms with Crippen LogP contribution in [0.1, 0.15) is 18.4 Å². The van der Waals surface area contributed by atoms with Gasteiger partial charge in [0.2, 0.25) is 11.1 Å². The van der Waals surface area contributed by atoms with Crippen molar-refractivity contribution in [2.75, 3.05) is 19.5 Å². The maximum atomic E-state index is 12.1. The highest BCUT2D eigenvalue weighted by molar-refractivity contribution is 7.99. The number of carbonyl (C=O) groups is 1. The fourth-order valence-corrected chi connectivity index (χ4v) is 3.28. The maximum absolute atomic E-state index is 12.1. The number of carbonyl (C=O) groups excluding carboxylic acids is 1. The number of aromatic nitrogens is 4. The average molecular weight is 363 g/mol. The molecule has 3 rings (SSSR count). The van der Waals surface area contributed by atoms with Crippen LogP contribution in [0.3, 0.4) is 0 Å². The molecule has 2 aromatic rings. The molecule has 1 aliphatic rings. The summed E-state index contributed by atoms with van der Waals surface area (Å²) in [5.41, 5.74) is 0.987. The van der Waals surface area contributed by atoms with Gasteiger partial charge < -0.3 is 14.8 Å². The Morgan fingerprint density at radius 1 is 1.52 bits per heavy atom. The molecule has 0 radical (unpaired) electrons. The van der Waals surface area contributed by atoms with Gasteiger partial charge in [0.25, 0.3) is 0 Å². The number of amides is 1. The number of hydrogen-bond donors (Lipinski definition) is 1. The number of rotatable bonds is 8. The summed E-state index contributed by atoms with van der Waals surface area (Å²) in [4.78, 5) is 12.1. The molecule has 1 N–H and O–H groups in total. The quantitative estimate of drug-likeness (QED) is 0.706. The lowest BCUT2D eigenvalue weighted by molar-refractivity contribution is -0.118. The first-order valence-corrected chi connectivity index (χ1v) is 9.13. The number of methoxy groups -OCH3 is 1. The van der Waals surface area contributed by atoms with E-state index in [1.54, 1.807) is 11.8 Å². The van der Waals surface area contributed by atoms with Gasteiger partial charge in [0.1, 0.15) is 5.75 Å². The molecule has 2 heterocycles. The van der Waals surface area contributed by atoms with Gasteiger partial charge in [-0.05, 0) is 41.0 Å². The molecule has 1 fully saturated rings. The monoisotopic (exact) mass is 363 g/mol. The summed E-state index contributed by atoms with van der Waals surface area (Å²) in [6.45, 7) is 1.88. The Bertz CT molecular complexity index is 703. The van der Waals surface area contributed by atoms with Crippen molar-refractivity contribution in [3.63, 3.8) is 0 Å². The molecule has 9 heteroatoms. The lowest BCUT2D eigenvalue weighted by atomic mass is 10.2. The van der Waals surface area contributed by atoms with Gasteiger partial charge in [-0.2, -0.15) is 0 Å². The zero-order valence-electron chi connectivity index (χ0n) is 14.1. The Kier molecular flexibility index (Phi) is 6.24. The molecule has 1 atom stereocenters. The van der Waals surface area contributed by atoms with E-state index in [9.17, 15) is 4.79 Å². The summed E-state index contributed by atoms with van der Waals surface area (Å²) < 4.78 is 12.5. The van der Waals surface area contributed by atoms with E-state index in [0.717, 1.165) is 30.8 Å². The van der Waals surface area contributed by atoms with E-state index < -0.39 is 0 Å². The van der Waals surface area contributed by atoms with Gasteiger partial charge in [0, 0.05) is 13.2 Å². The fraction of sp³-hybridized carbons (Fsp3) is 0.500. The number of hydrogen-bond acceptors (Lipinski definition) is 7. The molecule has 1 saturated heterocycles. The molecule has 1 unspecified atom stereocenters. The SMILES string of the molecule is COc1cccc(CNC(=O)CSc2nnnn2CC2CCCO2)c1. The van der Waals surface area contributed by atoms with E-state index in [1.807, 2.05) is 24.3 Å². The first-order chi connectivity index (χ1) is 12.2. The molecule has 1 aromatic heterocycles. The molecular weight excluding hydrogens is 342 g/mol. The Labute approximate surface area is 150 Å². The predicted molar refractivity (Wildman–Crippen MR) is 92.4 cm³/mol. The van der Waals surface area contributed by atoms with Crippen LogP contribution >= 0.6 is 11.8 Å². The third-order valence-corrected chi connectivity index (χ3v) is 4.81. The molecule has 1 aliphatic heterocycles. The van der Waals surface area contributed by atoms with Crippen LogP contribution in [0.25, 0.3) is 0 Å². The van der Waals surface area contributed by atoms with E-state index in [4.69, 9.17) is 9.47 Å². The van der Waals surface area contributed by atoms with Crippen molar-refractivity contribution < 1.29 is 14.3 Å². The summed E-state index contributed by atoms with van der Waals surface area (Å²) >= 11 is 1.32. The van der Waals surface area contributed by atoms with Crippen molar-refractivity contribution >= 4 is 17.7 Å². The summed E-state index contributed by atoms with van der Waals surface area (Å²) in [5, 5.41) is 15.2. The highest BCUT2D eigenvalue weighted by Gasteiger charge is 2.19. The second-order valence-electron chi connectivity index (χ2n) is 5.70. The first kappa shape index (κ1) is 17.7. The molecule has 134 valence electrons. The van der Waals surface area contributed by atoms with Crippen molar-refractivity contribution in [1.82, 2.24) is 25.5 Å². The van der Waals surface area contributed by atoms with Gasteiger partial charge in [-0.25, -0.2) is 4.68 Å². The second kappa shape index (κ2) is 8.82. The van der Waals surface area contributed by atoms with E-state index in [1.165, 1.54) is 11.8 Å². The average Bonchev–Trinajstić information content (AvgIpc) is 3.31. The Hall–Kier alpha value is -2.13. The zero-order chi connectivity index (χ0) is 17.5. The van der Waals surface area contributed by atoms with E-state index >= 15 is 0 Å².